The lowest BCUT2D eigenvalue weighted by molar-refractivity contribution is -0.132. The first-order valence-electron chi connectivity index (χ1n) is 8.72. The molecule has 1 saturated carbocycles. The van der Waals surface area contributed by atoms with Crippen molar-refractivity contribution in [3.05, 3.63) is 29.8 Å². The van der Waals surface area contributed by atoms with Crippen molar-refractivity contribution in [1.82, 2.24) is 10.6 Å². The minimum Gasteiger partial charge on any atom is -0.354 e. The summed E-state index contributed by atoms with van der Waals surface area (Å²) in [7, 11) is -3.27. The number of rotatable bonds is 4. The van der Waals surface area contributed by atoms with Crippen LogP contribution in [0.25, 0.3) is 0 Å². The summed E-state index contributed by atoms with van der Waals surface area (Å²) in [6.45, 7) is 0.583. The van der Waals surface area contributed by atoms with Crippen LogP contribution >= 0.6 is 0 Å². The van der Waals surface area contributed by atoms with Gasteiger partial charge in [0.2, 0.25) is 11.8 Å². The summed E-state index contributed by atoms with van der Waals surface area (Å²) in [4.78, 5) is 25.1. The summed E-state index contributed by atoms with van der Waals surface area (Å²) in [5.41, 5.74) is 0.146. The predicted octanol–water partition coefficient (Wildman–Crippen LogP) is 1.30. The van der Waals surface area contributed by atoms with Crippen molar-refractivity contribution in [3.63, 3.8) is 0 Å². The molecule has 1 saturated heterocycles. The second-order valence-electron chi connectivity index (χ2n) is 7.05. The van der Waals surface area contributed by atoms with E-state index in [0.717, 1.165) is 24.8 Å². The Kier molecular flexibility index (Phi) is 4.86. The predicted molar refractivity (Wildman–Crippen MR) is 93.9 cm³/mol. The van der Waals surface area contributed by atoms with Crippen LogP contribution in [-0.4, -0.2) is 39.1 Å². The standard InChI is InChI=1S/C18H24N2O4S/c1-25(23,24)14-7-5-13(6-8-14)18(10-3-2-4-11-18)17(22)20-15-9-12-19-16(15)21/h5-8,15H,2-4,9-12H2,1H3,(H,19,21)(H,20,22)/t15-/m0/s1. The number of amides is 2. The van der Waals surface area contributed by atoms with Gasteiger partial charge in [-0.25, -0.2) is 8.42 Å². The van der Waals surface area contributed by atoms with Crippen LogP contribution in [0, 0.1) is 0 Å². The molecule has 2 fully saturated rings. The first-order chi connectivity index (χ1) is 11.8. The number of nitrogens with one attached hydrogen (secondary N) is 2. The number of carbonyl (C=O) groups excluding carboxylic acids is 2. The van der Waals surface area contributed by atoms with Crippen molar-refractivity contribution < 1.29 is 18.0 Å². The minimum atomic E-state index is -3.27. The first kappa shape index (κ1) is 17.9. The third-order valence-electron chi connectivity index (χ3n) is 5.33. The smallest absolute Gasteiger partial charge is 0.242 e. The second kappa shape index (κ2) is 6.78. The molecule has 1 aliphatic heterocycles. The molecule has 136 valence electrons. The van der Waals surface area contributed by atoms with Crippen LogP contribution < -0.4 is 10.6 Å². The summed E-state index contributed by atoms with van der Waals surface area (Å²) < 4.78 is 23.4. The summed E-state index contributed by atoms with van der Waals surface area (Å²) in [6, 6.07) is 6.15. The van der Waals surface area contributed by atoms with E-state index in [2.05, 4.69) is 10.6 Å². The molecule has 0 spiro atoms. The lowest BCUT2D eigenvalue weighted by Gasteiger charge is -2.37. The summed E-state index contributed by atoms with van der Waals surface area (Å²) in [5.74, 6) is -0.256. The molecule has 0 unspecified atom stereocenters. The van der Waals surface area contributed by atoms with E-state index in [-0.39, 0.29) is 16.7 Å². The Morgan fingerprint density at radius 1 is 1.16 bits per heavy atom. The van der Waals surface area contributed by atoms with E-state index in [1.807, 2.05) is 0 Å². The molecule has 1 atom stereocenters. The molecule has 0 bridgehead atoms. The molecular weight excluding hydrogens is 340 g/mol. The largest absolute Gasteiger partial charge is 0.354 e. The lowest BCUT2D eigenvalue weighted by Crippen LogP contribution is -2.51. The van der Waals surface area contributed by atoms with Crippen LogP contribution in [0.1, 0.15) is 44.1 Å². The van der Waals surface area contributed by atoms with Crippen LogP contribution in [0.3, 0.4) is 0 Å². The molecule has 25 heavy (non-hydrogen) atoms. The van der Waals surface area contributed by atoms with Crippen molar-refractivity contribution in [3.8, 4) is 0 Å². The van der Waals surface area contributed by atoms with Crippen molar-refractivity contribution in [1.29, 1.82) is 0 Å². The summed E-state index contributed by atoms with van der Waals surface area (Å²) in [5, 5.41) is 5.65. The van der Waals surface area contributed by atoms with Gasteiger partial charge in [-0.15, -0.1) is 0 Å². The topological polar surface area (TPSA) is 92.3 Å². The van der Waals surface area contributed by atoms with Gasteiger partial charge in [-0.1, -0.05) is 31.4 Å². The van der Waals surface area contributed by atoms with Gasteiger partial charge in [0.1, 0.15) is 6.04 Å². The van der Waals surface area contributed by atoms with Gasteiger partial charge >= 0.3 is 0 Å². The van der Waals surface area contributed by atoms with Gasteiger partial charge < -0.3 is 10.6 Å². The van der Waals surface area contributed by atoms with E-state index in [1.165, 1.54) is 6.26 Å². The molecule has 1 aromatic rings. The molecule has 1 aromatic carbocycles. The van der Waals surface area contributed by atoms with Gasteiger partial charge in [-0.2, -0.15) is 0 Å². The first-order valence-corrected chi connectivity index (χ1v) is 10.6. The number of benzene rings is 1. The van der Waals surface area contributed by atoms with Crippen molar-refractivity contribution >= 4 is 21.7 Å². The Hall–Kier alpha value is -1.89. The average Bonchev–Trinajstić information content (AvgIpc) is 2.99. The molecule has 2 amide bonds. The van der Waals surface area contributed by atoms with Gasteiger partial charge in [0, 0.05) is 12.8 Å². The molecule has 1 heterocycles. The molecule has 0 radical (unpaired) electrons. The van der Waals surface area contributed by atoms with Gasteiger partial charge in [0.25, 0.3) is 0 Å². The Bertz CT molecular complexity index is 765. The lowest BCUT2D eigenvalue weighted by atomic mass is 9.68. The highest BCUT2D eigenvalue weighted by Crippen LogP contribution is 2.40. The van der Waals surface area contributed by atoms with Crippen molar-refractivity contribution in [2.75, 3.05) is 12.8 Å². The third-order valence-corrected chi connectivity index (χ3v) is 6.46. The number of carbonyl (C=O) groups is 2. The molecule has 2 aliphatic rings. The van der Waals surface area contributed by atoms with E-state index in [0.29, 0.717) is 25.8 Å². The maximum Gasteiger partial charge on any atom is 0.242 e. The second-order valence-corrected chi connectivity index (χ2v) is 9.06. The van der Waals surface area contributed by atoms with Crippen molar-refractivity contribution in [2.24, 2.45) is 0 Å². The van der Waals surface area contributed by atoms with E-state index in [4.69, 9.17) is 0 Å². The zero-order valence-corrected chi connectivity index (χ0v) is 15.2. The number of sulfone groups is 1. The summed E-state index contributed by atoms with van der Waals surface area (Å²) in [6.07, 6.45) is 6.17. The molecule has 2 N–H and O–H groups in total. The Morgan fingerprint density at radius 3 is 2.32 bits per heavy atom. The Labute approximate surface area is 148 Å². The minimum absolute atomic E-state index is 0.124. The average molecular weight is 364 g/mol. The number of hydrogen-bond acceptors (Lipinski definition) is 4. The normalized spacial score (nSPS) is 23.1. The highest BCUT2D eigenvalue weighted by Gasteiger charge is 2.42. The molecule has 6 nitrogen and oxygen atoms in total. The summed E-state index contributed by atoms with van der Waals surface area (Å²) >= 11 is 0. The van der Waals surface area contributed by atoms with Crippen LogP contribution in [0.5, 0.6) is 0 Å². The fourth-order valence-electron chi connectivity index (χ4n) is 3.85. The van der Waals surface area contributed by atoms with Gasteiger partial charge in [0.15, 0.2) is 9.84 Å². The molecule has 7 heteroatoms. The monoisotopic (exact) mass is 364 g/mol. The zero-order chi connectivity index (χ0) is 18.1. The molecule has 1 aliphatic carbocycles. The highest BCUT2D eigenvalue weighted by atomic mass is 32.2. The van der Waals surface area contributed by atoms with Gasteiger partial charge in [-0.3, -0.25) is 9.59 Å². The third kappa shape index (κ3) is 3.56. The number of hydrogen-bond donors (Lipinski definition) is 2. The Morgan fingerprint density at radius 2 is 1.80 bits per heavy atom. The van der Waals surface area contributed by atoms with Crippen LogP contribution in [0.2, 0.25) is 0 Å². The van der Waals surface area contributed by atoms with Crippen LogP contribution in [0.4, 0.5) is 0 Å². The van der Waals surface area contributed by atoms with E-state index < -0.39 is 21.3 Å². The fourth-order valence-corrected chi connectivity index (χ4v) is 4.48. The van der Waals surface area contributed by atoms with Crippen molar-refractivity contribution in [2.45, 2.75) is 54.9 Å². The molecular formula is C18H24N2O4S. The van der Waals surface area contributed by atoms with Gasteiger partial charge in [-0.05, 0) is 37.0 Å². The van der Waals surface area contributed by atoms with E-state index in [1.54, 1.807) is 24.3 Å². The molecule has 3 rings (SSSR count). The van der Waals surface area contributed by atoms with Crippen LogP contribution in [-0.2, 0) is 24.8 Å². The zero-order valence-electron chi connectivity index (χ0n) is 14.4. The maximum atomic E-state index is 13.1. The van der Waals surface area contributed by atoms with E-state index in [9.17, 15) is 18.0 Å². The maximum absolute atomic E-state index is 13.1. The van der Waals surface area contributed by atoms with Gasteiger partial charge in [0.05, 0.1) is 10.3 Å². The Balaban J connectivity index is 1.90. The van der Waals surface area contributed by atoms with E-state index >= 15 is 0 Å². The quantitative estimate of drug-likeness (QED) is 0.842. The molecule has 0 aromatic heterocycles. The SMILES string of the molecule is CS(=O)(=O)c1ccc(C2(C(=O)N[C@H]3CCNC3=O)CCCCC2)cc1. The highest BCUT2D eigenvalue weighted by molar-refractivity contribution is 7.90. The fraction of sp³-hybridized carbons (Fsp3) is 0.556. The van der Waals surface area contributed by atoms with Crippen LogP contribution in [0.15, 0.2) is 29.2 Å².